The molecule has 0 saturated carbocycles. The topological polar surface area (TPSA) is 37.3 Å². The maximum Gasteiger partial charge on any atom is 0.185 e. The van der Waals surface area contributed by atoms with Gasteiger partial charge in [0.15, 0.2) is 5.12 Å². The second-order valence-electron chi connectivity index (χ2n) is 3.34. The molecule has 78 valence electrons. The largest absolute Gasteiger partial charge is 0.396 e. The van der Waals surface area contributed by atoms with E-state index in [1.807, 2.05) is 0 Å². The maximum atomic E-state index is 10.5. The van der Waals surface area contributed by atoms with Crippen LogP contribution in [0.3, 0.4) is 0 Å². The molecule has 0 unspecified atom stereocenters. The lowest BCUT2D eigenvalue weighted by Crippen LogP contribution is -1.87. The monoisotopic (exact) mass is 204 g/mol. The molecule has 0 fully saturated rings. The summed E-state index contributed by atoms with van der Waals surface area (Å²) in [5.74, 6) is 0. The minimum atomic E-state index is 0.000260. The third kappa shape index (κ3) is 12.0. The summed E-state index contributed by atoms with van der Waals surface area (Å²) in [6.45, 7) is 0.314. The fourth-order valence-electron chi connectivity index (χ4n) is 1.27. The average Bonchev–Trinajstić information content (AvgIpc) is 2.09. The summed E-state index contributed by atoms with van der Waals surface area (Å²) < 4.78 is 0. The molecule has 0 atom stereocenters. The Bertz CT molecular complexity index is 126. The molecule has 0 amide bonds. The number of unbranched alkanes of at least 4 members (excludes halogenated alkanes) is 6. The number of hydrogen-bond donors (Lipinski definition) is 2. The third-order valence-electron chi connectivity index (χ3n) is 2.05. The molecule has 0 aromatic heterocycles. The fourth-order valence-corrected chi connectivity index (χ4v) is 1.43. The average molecular weight is 204 g/mol. The minimum absolute atomic E-state index is 0.000260. The van der Waals surface area contributed by atoms with Gasteiger partial charge in [-0.15, -0.1) is 12.6 Å². The zero-order chi connectivity index (χ0) is 9.94. The van der Waals surface area contributed by atoms with E-state index in [2.05, 4.69) is 12.6 Å². The van der Waals surface area contributed by atoms with Gasteiger partial charge in [-0.1, -0.05) is 32.1 Å². The van der Waals surface area contributed by atoms with Gasteiger partial charge in [-0.2, -0.15) is 0 Å². The summed E-state index contributed by atoms with van der Waals surface area (Å²) in [6.07, 6.45) is 8.40. The van der Waals surface area contributed by atoms with E-state index < -0.39 is 0 Å². The fraction of sp³-hybridized carbons (Fsp3) is 0.900. The quantitative estimate of drug-likeness (QED) is 0.447. The van der Waals surface area contributed by atoms with Crippen molar-refractivity contribution >= 4 is 17.7 Å². The van der Waals surface area contributed by atoms with Gasteiger partial charge in [-0.25, -0.2) is 0 Å². The zero-order valence-electron chi connectivity index (χ0n) is 8.17. The predicted octanol–water partition coefficient (Wildman–Crippen LogP) is 2.56. The highest BCUT2D eigenvalue weighted by molar-refractivity contribution is 7.96. The van der Waals surface area contributed by atoms with E-state index in [4.69, 9.17) is 5.11 Å². The normalized spacial score (nSPS) is 10.3. The van der Waals surface area contributed by atoms with Crippen molar-refractivity contribution in [1.82, 2.24) is 0 Å². The van der Waals surface area contributed by atoms with Crippen LogP contribution in [0.4, 0.5) is 0 Å². The number of carbonyl (C=O) groups is 1. The van der Waals surface area contributed by atoms with Gasteiger partial charge in [0.05, 0.1) is 0 Å². The van der Waals surface area contributed by atoms with Crippen LogP contribution in [0.15, 0.2) is 0 Å². The molecule has 0 aromatic rings. The van der Waals surface area contributed by atoms with Crippen LogP contribution < -0.4 is 0 Å². The van der Waals surface area contributed by atoms with Crippen molar-refractivity contribution in [2.75, 3.05) is 6.61 Å². The van der Waals surface area contributed by atoms with E-state index in [1.165, 1.54) is 19.3 Å². The van der Waals surface area contributed by atoms with Crippen LogP contribution in [0, 0.1) is 0 Å². The van der Waals surface area contributed by atoms with Gasteiger partial charge in [0, 0.05) is 13.0 Å². The van der Waals surface area contributed by atoms with Crippen molar-refractivity contribution in [1.29, 1.82) is 0 Å². The Hall–Kier alpha value is -0.0200. The molecule has 3 heteroatoms. The van der Waals surface area contributed by atoms with Gasteiger partial charge in [0.25, 0.3) is 0 Å². The lowest BCUT2D eigenvalue weighted by atomic mass is 10.1. The molecule has 0 radical (unpaired) electrons. The van der Waals surface area contributed by atoms with Crippen molar-refractivity contribution < 1.29 is 9.90 Å². The number of aliphatic hydroxyl groups excluding tert-OH is 1. The van der Waals surface area contributed by atoms with Gasteiger partial charge >= 0.3 is 0 Å². The lowest BCUT2D eigenvalue weighted by molar-refractivity contribution is -0.110. The van der Waals surface area contributed by atoms with Crippen LogP contribution in [-0.2, 0) is 4.79 Å². The Morgan fingerprint density at radius 1 is 0.923 bits per heavy atom. The third-order valence-corrected chi connectivity index (χ3v) is 2.27. The summed E-state index contributed by atoms with van der Waals surface area (Å²) in [4.78, 5) is 10.5. The predicted molar refractivity (Wildman–Crippen MR) is 58.0 cm³/mol. The molecule has 0 rings (SSSR count). The van der Waals surface area contributed by atoms with Gasteiger partial charge in [-0.05, 0) is 12.8 Å². The Labute approximate surface area is 86.1 Å². The molecular weight excluding hydrogens is 184 g/mol. The number of aliphatic hydroxyl groups is 1. The SMILES string of the molecule is O=C(S)CCCCCCCCCO. The molecule has 0 saturated heterocycles. The van der Waals surface area contributed by atoms with Crippen LogP contribution in [0.5, 0.6) is 0 Å². The highest BCUT2D eigenvalue weighted by Crippen LogP contribution is 2.08. The zero-order valence-corrected chi connectivity index (χ0v) is 9.06. The Balaban J connectivity index is 2.87. The molecule has 0 aliphatic rings. The molecule has 0 bridgehead atoms. The molecule has 13 heavy (non-hydrogen) atoms. The summed E-state index contributed by atoms with van der Waals surface area (Å²) in [5.41, 5.74) is 0. The van der Waals surface area contributed by atoms with Crippen LogP contribution in [0.2, 0.25) is 0 Å². The second kappa shape index (κ2) is 10.1. The smallest absolute Gasteiger partial charge is 0.185 e. The molecule has 0 heterocycles. The van der Waals surface area contributed by atoms with Gasteiger partial charge in [0.2, 0.25) is 0 Å². The van der Waals surface area contributed by atoms with Gasteiger partial charge < -0.3 is 5.11 Å². The summed E-state index contributed by atoms with van der Waals surface area (Å²) in [6, 6.07) is 0. The summed E-state index contributed by atoms with van der Waals surface area (Å²) in [7, 11) is 0. The van der Waals surface area contributed by atoms with Gasteiger partial charge in [-0.3, -0.25) is 4.79 Å². The van der Waals surface area contributed by atoms with E-state index in [1.54, 1.807) is 0 Å². The van der Waals surface area contributed by atoms with Crippen molar-refractivity contribution in [3.63, 3.8) is 0 Å². The Morgan fingerprint density at radius 3 is 1.85 bits per heavy atom. The molecule has 0 aromatic carbocycles. The van der Waals surface area contributed by atoms with Crippen molar-refractivity contribution in [3.05, 3.63) is 0 Å². The first-order chi connectivity index (χ1) is 6.27. The number of hydrogen-bond acceptors (Lipinski definition) is 2. The summed E-state index contributed by atoms with van der Waals surface area (Å²) in [5, 5.41) is 8.52. The maximum absolute atomic E-state index is 10.5. The molecular formula is C10H20O2S. The Morgan fingerprint density at radius 2 is 1.38 bits per heavy atom. The lowest BCUT2D eigenvalue weighted by Gasteiger charge is -1.99. The Kier molecular flexibility index (Phi) is 10.0. The van der Waals surface area contributed by atoms with Gasteiger partial charge in [0.1, 0.15) is 0 Å². The molecule has 2 nitrogen and oxygen atoms in total. The van der Waals surface area contributed by atoms with Crippen LogP contribution in [0.25, 0.3) is 0 Å². The van der Waals surface area contributed by atoms with E-state index in [0.717, 1.165) is 25.7 Å². The second-order valence-corrected chi connectivity index (χ2v) is 3.84. The first-order valence-corrected chi connectivity index (χ1v) is 5.54. The molecule has 0 spiro atoms. The molecule has 0 aliphatic carbocycles. The van der Waals surface area contributed by atoms with E-state index >= 15 is 0 Å². The van der Waals surface area contributed by atoms with E-state index in [9.17, 15) is 4.79 Å². The van der Waals surface area contributed by atoms with Crippen LogP contribution >= 0.6 is 12.6 Å². The number of thiol groups is 1. The highest BCUT2D eigenvalue weighted by atomic mass is 32.1. The standard InChI is InChI=1S/C10H20O2S/c11-9-7-5-3-1-2-4-6-8-10(12)13/h11H,1-9H2,(H,12,13). The van der Waals surface area contributed by atoms with Crippen molar-refractivity contribution in [2.24, 2.45) is 0 Å². The van der Waals surface area contributed by atoms with Crippen molar-refractivity contribution in [2.45, 2.75) is 51.4 Å². The van der Waals surface area contributed by atoms with Crippen molar-refractivity contribution in [3.8, 4) is 0 Å². The number of rotatable bonds is 9. The first kappa shape index (κ1) is 13.0. The molecule has 1 N–H and O–H groups in total. The van der Waals surface area contributed by atoms with Crippen LogP contribution in [-0.4, -0.2) is 16.8 Å². The minimum Gasteiger partial charge on any atom is -0.396 e. The summed E-state index contributed by atoms with van der Waals surface area (Å²) >= 11 is 3.70. The van der Waals surface area contributed by atoms with Crippen LogP contribution in [0.1, 0.15) is 51.4 Å². The highest BCUT2D eigenvalue weighted by Gasteiger charge is 1.94. The van der Waals surface area contributed by atoms with E-state index in [0.29, 0.717) is 13.0 Å². The van der Waals surface area contributed by atoms with E-state index in [-0.39, 0.29) is 5.12 Å². The number of carbonyl (C=O) groups excluding carboxylic acids is 1. The first-order valence-electron chi connectivity index (χ1n) is 5.10. The molecule has 0 aliphatic heterocycles.